The van der Waals surface area contributed by atoms with Crippen LogP contribution in [0.15, 0.2) is 0 Å². The molecule has 0 saturated carbocycles. The number of rotatable bonds is 0. The maximum absolute atomic E-state index is 7.33. The van der Waals surface area contributed by atoms with Gasteiger partial charge < -0.3 is 22.0 Å². The van der Waals surface area contributed by atoms with Gasteiger partial charge >= 0.3 is 32.1 Å². The summed E-state index contributed by atoms with van der Waals surface area (Å²) in [4.78, 5) is 29.3. The molecular formula is H6EuMgMnO4Si. The minimum Gasteiger partial charge on any atom is -1.00 e. The first-order valence-electron chi connectivity index (χ1n) is 0.894. The van der Waals surface area contributed by atoms with E-state index in [4.69, 9.17) is 19.2 Å². The maximum atomic E-state index is 7.33. The second-order valence-electron chi connectivity index (χ2n) is 0.600. The monoisotopic (exact) mass is 330 g/mol. The Hall–Kier alpha value is 2.93. The number of hydrogen-bond donors (Lipinski definition) is 4. The van der Waals surface area contributed by atoms with Crippen LogP contribution in [0.5, 0.6) is 0 Å². The van der Waals surface area contributed by atoms with Crippen LogP contribution < -0.4 is 0 Å². The first-order chi connectivity index (χ1) is 2.00. The minimum absolute atomic E-state index is 0. The van der Waals surface area contributed by atoms with E-state index < -0.39 is 9.05 Å². The van der Waals surface area contributed by atoms with E-state index in [0.717, 1.165) is 0 Å². The molecule has 0 unspecified atom stereocenters. The van der Waals surface area contributed by atoms with E-state index >= 15 is 0 Å². The molecule has 0 bridgehead atoms. The van der Waals surface area contributed by atoms with Gasteiger partial charge in [0, 0.05) is 66.4 Å². The summed E-state index contributed by atoms with van der Waals surface area (Å²) in [6.45, 7) is 0. The Morgan fingerprint density at radius 3 is 1.00 bits per heavy atom. The summed E-state index contributed by atoms with van der Waals surface area (Å²) < 4.78 is 0. The molecule has 2 radical (unpaired) electrons. The third kappa shape index (κ3) is 65.5. The Morgan fingerprint density at radius 1 is 1.00 bits per heavy atom. The van der Waals surface area contributed by atoms with Crippen LogP contribution in [0.4, 0.5) is 0 Å². The van der Waals surface area contributed by atoms with Crippen LogP contribution in [0.1, 0.15) is 2.85 Å². The zero-order valence-electron chi connectivity index (χ0n) is 5.75. The van der Waals surface area contributed by atoms with Gasteiger partial charge in [0.05, 0.1) is 0 Å². The fraction of sp³-hybridized carbons (Fsp3) is 0. The van der Waals surface area contributed by atoms with Crippen molar-refractivity contribution < 1.29 is 88.5 Å². The van der Waals surface area contributed by atoms with Crippen molar-refractivity contribution in [3.8, 4) is 0 Å². The molecule has 4 nitrogen and oxygen atoms in total. The summed E-state index contributed by atoms with van der Waals surface area (Å²) >= 11 is 0. The second kappa shape index (κ2) is 9.93. The summed E-state index contributed by atoms with van der Waals surface area (Å²) in [7, 11) is -4.61. The topological polar surface area (TPSA) is 80.9 Å². The molecule has 0 heterocycles. The van der Waals surface area contributed by atoms with Crippen molar-refractivity contribution in [2.75, 3.05) is 0 Å². The zero-order chi connectivity index (χ0) is 4.50. The van der Waals surface area contributed by atoms with Gasteiger partial charge in [0.1, 0.15) is 0 Å². The van der Waals surface area contributed by atoms with E-state index in [1.54, 1.807) is 0 Å². The van der Waals surface area contributed by atoms with E-state index in [1.165, 1.54) is 0 Å². The average molecular weight is 329 g/mol. The number of hydrogen-bond acceptors (Lipinski definition) is 4. The average Bonchev–Trinajstić information content (AvgIpc) is 0.722. The molecule has 0 aromatic heterocycles. The summed E-state index contributed by atoms with van der Waals surface area (Å²) in [5.41, 5.74) is 0. The zero-order valence-corrected chi connectivity index (χ0v) is 9.77. The normalized spacial score (nSPS) is 7.50. The van der Waals surface area contributed by atoms with Gasteiger partial charge in [0.2, 0.25) is 0 Å². The predicted octanol–water partition coefficient (Wildman–Crippen LogP) is -2.77. The van der Waals surface area contributed by atoms with Crippen molar-refractivity contribution in [2.45, 2.75) is 0 Å². The largest absolute Gasteiger partial charge is 2.00 e. The SMILES string of the molecule is O[Si](O)(O)O.[Eu].[H-].[H-].[Mg+2].[Mn]. The van der Waals surface area contributed by atoms with Crippen LogP contribution in [0, 0.1) is 49.4 Å². The third-order valence-electron chi connectivity index (χ3n) is 0. The van der Waals surface area contributed by atoms with Crippen molar-refractivity contribution in [2.24, 2.45) is 0 Å². The molecule has 0 spiro atoms. The van der Waals surface area contributed by atoms with E-state index in [0.29, 0.717) is 0 Å². The maximum Gasteiger partial charge on any atom is 2.00 e. The van der Waals surface area contributed by atoms with Crippen molar-refractivity contribution in [1.82, 2.24) is 0 Å². The van der Waals surface area contributed by atoms with E-state index in [1.807, 2.05) is 0 Å². The molecule has 0 aliphatic carbocycles. The first kappa shape index (κ1) is 22.4. The smallest absolute Gasteiger partial charge is 1.00 e. The predicted molar refractivity (Wildman–Crippen MR) is 22.6 cm³/mol. The molecule has 0 aliphatic rings. The Labute approximate surface area is 118 Å². The second-order valence-corrected chi connectivity index (χ2v) is 1.80. The summed E-state index contributed by atoms with van der Waals surface area (Å²) in [5, 5.41) is 0. The molecule has 0 rings (SSSR count). The minimum atomic E-state index is -4.61. The van der Waals surface area contributed by atoms with Gasteiger partial charge in [-0.05, 0) is 0 Å². The van der Waals surface area contributed by atoms with Crippen molar-refractivity contribution >= 4 is 32.1 Å². The Morgan fingerprint density at radius 2 is 1.00 bits per heavy atom. The molecule has 0 aromatic carbocycles. The Kier molecular flexibility index (Phi) is 27.8. The molecule has 0 fully saturated rings. The van der Waals surface area contributed by atoms with Crippen LogP contribution in [-0.2, 0) is 17.1 Å². The van der Waals surface area contributed by atoms with E-state index in [2.05, 4.69) is 0 Å². The fourth-order valence-corrected chi connectivity index (χ4v) is 0. The molecular weight excluding hydrogens is 323 g/mol. The van der Waals surface area contributed by atoms with Crippen LogP contribution in [0.25, 0.3) is 0 Å². The standard InChI is InChI=1S/Eu.Mg.Mn.H4O4Si.2H/c;;;1-5(2,3)4;;/h;;;1-4H;;/q;+2;;;2*-1. The van der Waals surface area contributed by atoms with Crippen LogP contribution in [-0.4, -0.2) is 51.3 Å². The van der Waals surface area contributed by atoms with Crippen LogP contribution in [0.3, 0.4) is 0 Å². The van der Waals surface area contributed by atoms with Crippen molar-refractivity contribution in [3.05, 3.63) is 0 Å². The van der Waals surface area contributed by atoms with Gasteiger partial charge in [-0.25, -0.2) is 0 Å². The first-order valence-corrected chi connectivity index (χ1v) is 2.68. The van der Waals surface area contributed by atoms with E-state index in [9.17, 15) is 0 Å². The Balaban J connectivity index is -0.00000000800. The quantitative estimate of drug-likeness (QED) is 0.363. The van der Waals surface area contributed by atoms with Crippen molar-refractivity contribution in [1.29, 1.82) is 0 Å². The molecule has 0 atom stereocenters. The molecule has 50 valence electrons. The molecule has 0 amide bonds. The molecule has 4 N–H and O–H groups in total. The molecule has 0 saturated heterocycles. The van der Waals surface area contributed by atoms with Gasteiger partial charge in [0.15, 0.2) is 0 Å². The molecule has 8 heteroatoms. The van der Waals surface area contributed by atoms with Crippen LogP contribution >= 0.6 is 0 Å². The molecule has 0 aliphatic heterocycles. The van der Waals surface area contributed by atoms with E-state index in [-0.39, 0.29) is 92.4 Å². The van der Waals surface area contributed by atoms with Gasteiger partial charge in [-0.15, -0.1) is 0 Å². The van der Waals surface area contributed by atoms with Crippen molar-refractivity contribution in [3.63, 3.8) is 0 Å². The summed E-state index contributed by atoms with van der Waals surface area (Å²) in [6, 6.07) is 0. The van der Waals surface area contributed by atoms with Gasteiger partial charge in [0.25, 0.3) is 0 Å². The summed E-state index contributed by atoms with van der Waals surface area (Å²) in [6.07, 6.45) is 0. The molecule has 8 heavy (non-hydrogen) atoms. The fourth-order valence-electron chi connectivity index (χ4n) is 0. The third-order valence-corrected chi connectivity index (χ3v) is 0. The van der Waals surface area contributed by atoms with Gasteiger partial charge in [-0.2, -0.15) is 0 Å². The Bertz CT molecular complexity index is 38.7. The van der Waals surface area contributed by atoms with Gasteiger partial charge in [-0.3, -0.25) is 0 Å². The molecule has 0 aromatic rings. The van der Waals surface area contributed by atoms with Crippen LogP contribution in [0.2, 0.25) is 0 Å². The van der Waals surface area contributed by atoms with Gasteiger partial charge in [-0.1, -0.05) is 0 Å². The summed E-state index contributed by atoms with van der Waals surface area (Å²) in [5.74, 6) is 0.